The first-order valence-electron chi connectivity index (χ1n) is 7.96. The van der Waals surface area contributed by atoms with E-state index in [4.69, 9.17) is 23.2 Å². The van der Waals surface area contributed by atoms with Crippen molar-refractivity contribution in [2.24, 2.45) is 0 Å². The lowest BCUT2D eigenvalue weighted by atomic mass is 10.2. The number of halogens is 2. The second kappa shape index (κ2) is 6.79. The summed E-state index contributed by atoms with van der Waals surface area (Å²) in [6.07, 6.45) is 12.0. The van der Waals surface area contributed by atoms with E-state index in [2.05, 4.69) is 9.13 Å². The number of aromatic nitrogens is 3. The molecule has 4 rings (SSSR count). The van der Waals surface area contributed by atoms with Crippen molar-refractivity contribution < 1.29 is 13.7 Å². The highest BCUT2D eigenvalue weighted by molar-refractivity contribution is 6.45. The van der Waals surface area contributed by atoms with Gasteiger partial charge in [-0.1, -0.05) is 41.4 Å². The zero-order valence-corrected chi connectivity index (χ0v) is 14.8. The Kier molecular flexibility index (Phi) is 4.35. The summed E-state index contributed by atoms with van der Waals surface area (Å²) in [5.74, 6) is 0. The molecule has 1 aliphatic rings. The maximum Gasteiger partial charge on any atom is 0.335 e. The van der Waals surface area contributed by atoms with Gasteiger partial charge in [0.2, 0.25) is 0 Å². The third-order valence-corrected chi connectivity index (χ3v) is 5.04. The molecule has 0 N–H and O–H groups in total. The molecule has 3 nitrogen and oxygen atoms in total. The third-order valence-electron chi connectivity index (χ3n) is 4.16. The Morgan fingerprint density at radius 2 is 1.08 bits per heavy atom. The summed E-state index contributed by atoms with van der Waals surface area (Å²) >= 11 is 13.4. The topological polar surface area (TPSA) is 11.6 Å². The van der Waals surface area contributed by atoms with Crippen molar-refractivity contribution in [1.82, 2.24) is 0 Å². The predicted molar refractivity (Wildman–Crippen MR) is 97.1 cm³/mol. The van der Waals surface area contributed by atoms with Gasteiger partial charge in [0.25, 0.3) is 6.04 Å². The van der Waals surface area contributed by atoms with Gasteiger partial charge >= 0.3 is 11.4 Å². The van der Waals surface area contributed by atoms with Gasteiger partial charge in [0.1, 0.15) is 10.1 Å². The van der Waals surface area contributed by atoms with Crippen LogP contribution in [0.2, 0.25) is 0 Å². The van der Waals surface area contributed by atoms with Crippen LogP contribution in [-0.4, -0.2) is 0 Å². The number of nitrogens with zero attached hydrogens (tertiary/aromatic N) is 3. The van der Waals surface area contributed by atoms with Crippen LogP contribution in [-0.2, 0) is 0 Å². The summed E-state index contributed by atoms with van der Waals surface area (Å²) in [4.78, 5) is 0. The van der Waals surface area contributed by atoms with E-state index in [1.807, 2.05) is 96.3 Å². The minimum atomic E-state index is -0.189. The third kappa shape index (κ3) is 2.86. The minimum absolute atomic E-state index is 0.189. The molecule has 0 saturated carbocycles. The zero-order chi connectivity index (χ0) is 17.2. The monoisotopic (exact) mass is 368 g/mol. The first kappa shape index (κ1) is 16.0. The number of hydrogen-bond acceptors (Lipinski definition) is 0. The van der Waals surface area contributed by atoms with E-state index in [0.29, 0.717) is 10.1 Å². The predicted octanol–water partition coefficient (Wildman–Crippen LogP) is 3.32. The SMILES string of the molecule is ClC1=C(Cl)C([n+]2ccccc2)C([n+]2ccccc2)=C1[n+]1ccccc1. The van der Waals surface area contributed by atoms with E-state index in [1.165, 1.54) is 0 Å². The number of pyridine rings is 3. The first-order valence-corrected chi connectivity index (χ1v) is 8.72. The molecule has 0 aromatic carbocycles. The van der Waals surface area contributed by atoms with E-state index in [9.17, 15) is 0 Å². The van der Waals surface area contributed by atoms with Gasteiger partial charge in [-0.05, 0) is 0 Å². The average Bonchev–Trinajstić information content (AvgIpc) is 2.95. The molecule has 0 radical (unpaired) electrons. The maximum absolute atomic E-state index is 6.71. The molecule has 25 heavy (non-hydrogen) atoms. The standard InChI is InChI=1S/C20H16Cl2N3/c21-16-17(22)19(24-12-6-2-7-13-24)20(25-14-8-3-9-15-25)18(16)23-10-4-1-5-11-23/h1-15,18H/q+3. The van der Waals surface area contributed by atoms with Crippen molar-refractivity contribution in [2.45, 2.75) is 6.04 Å². The summed E-state index contributed by atoms with van der Waals surface area (Å²) in [7, 11) is 0. The molecular weight excluding hydrogens is 353 g/mol. The Labute approximate surface area is 156 Å². The van der Waals surface area contributed by atoms with Crippen LogP contribution in [0.3, 0.4) is 0 Å². The van der Waals surface area contributed by atoms with Gasteiger partial charge < -0.3 is 0 Å². The van der Waals surface area contributed by atoms with E-state index >= 15 is 0 Å². The van der Waals surface area contributed by atoms with Crippen molar-refractivity contribution in [3.63, 3.8) is 0 Å². The molecule has 0 bridgehead atoms. The van der Waals surface area contributed by atoms with Crippen LogP contribution < -0.4 is 13.7 Å². The van der Waals surface area contributed by atoms with Gasteiger partial charge in [-0.25, -0.2) is 0 Å². The Bertz CT molecular complexity index is 952. The lowest BCUT2D eigenvalue weighted by Crippen LogP contribution is -2.48. The van der Waals surface area contributed by atoms with Crippen LogP contribution >= 0.6 is 23.2 Å². The molecule has 1 aliphatic carbocycles. The van der Waals surface area contributed by atoms with Crippen LogP contribution in [0.1, 0.15) is 6.04 Å². The summed E-state index contributed by atoms with van der Waals surface area (Å²) in [6.45, 7) is 0. The van der Waals surface area contributed by atoms with Crippen molar-refractivity contribution in [3.8, 4) is 0 Å². The summed E-state index contributed by atoms with van der Waals surface area (Å²) < 4.78 is 6.14. The smallest absolute Gasteiger partial charge is 0.187 e. The van der Waals surface area contributed by atoms with Crippen LogP contribution in [0.15, 0.2) is 102 Å². The van der Waals surface area contributed by atoms with E-state index in [0.717, 1.165) is 11.4 Å². The highest BCUT2D eigenvalue weighted by Crippen LogP contribution is 2.42. The Morgan fingerprint density at radius 1 is 0.600 bits per heavy atom. The lowest BCUT2D eigenvalue weighted by Gasteiger charge is -2.06. The average molecular weight is 369 g/mol. The molecule has 3 heterocycles. The molecule has 0 aliphatic heterocycles. The lowest BCUT2D eigenvalue weighted by molar-refractivity contribution is -0.725. The molecule has 1 unspecified atom stereocenters. The highest BCUT2D eigenvalue weighted by atomic mass is 35.5. The molecule has 1 atom stereocenters. The molecule has 3 aromatic heterocycles. The van der Waals surface area contributed by atoms with Crippen LogP contribution in [0.5, 0.6) is 0 Å². The molecule has 122 valence electrons. The fourth-order valence-electron chi connectivity index (χ4n) is 3.07. The zero-order valence-electron chi connectivity index (χ0n) is 13.3. The van der Waals surface area contributed by atoms with Gasteiger partial charge in [0.05, 0.1) is 0 Å². The van der Waals surface area contributed by atoms with Gasteiger partial charge in [-0.3, -0.25) is 0 Å². The van der Waals surface area contributed by atoms with Gasteiger partial charge in [0, 0.05) is 36.4 Å². The molecule has 0 saturated heterocycles. The largest absolute Gasteiger partial charge is 0.335 e. The fraction of sp³-hybridized carbons (Fsp3) is 0.0500. The quantitative estimate of drug-likeness (QED) is 0.628. The van der Waals surface area contributed by atoms with Crippen LogP contribution in [0.4, 0.5) is 0 Å². The van der Waals surface area contributed by atoms with Crippen molar-refractivity contribution in [3.05, 3.63) is 102 Å². The Hall–Kier alpha value is -2.49. The molecule has 5 heteroatoms. The molecule has 0 spiro atoms. The number of hydrogen-bond donors (Lipinski definition) is 0. The van der Waals surface area contributed by atoms with Gasteiger partial charge in [-0.2, -0.15) is 13.7 Å². The van der Waals surface area contributed by atoms with Crippen molar-refractivity contribution in [1.29, 1.82) is 0 Å². The van der Waals surface area contributed by atoms with E-state index in [1.54, 1.807) is 0 Å². The summed E-state index contributed by atoms with van der Waals surface area (Å²) in [6, 6.07) is 17.7. The van der Waals surface area contributed by atoms with Crippen LogP contribution in [0, 0.1) is 0 Å². The fourth-order valence-corrected chi connectivity index (χ4v) is 3.67. The first-order chi connectivity index (χ1) is 12.3. The highest BCUT2D eigenvalue weighted by Gasteiger charge is 2.50. The van der Waals surface area contributed by atoms with Gasteiger partial charge in [0.15, 0.2) is 37.2 Å². The number of rotatable bonds is 3. The molecule has 0 fully saturated rings. The summed E-state index contributed by atoms with van der Waals surface area (Å²) in [5.41, 5.74) is 1.88. The van der Waals surface area contributed by atoms with E-state index in [-0.39, 0.29) is 6.04 Å². The van der Waals surface area contributed by atoms with E-state index < -0.39 is 0 Å². The molecular formula is C20H16Cl2N3+3. The maximum atomic E-state index is 6.71. The normalized spacial score (nSPS) is 17.3. The summed E-state index contributed by atoms with van der Waals surface area (Å²) in [5, 5.41) is 1.17. The van der Waals surface area contributed by atoms with Gasteiger partial charge in [-0.15, -0.1) is 0 Å². The Morgan fingerprint density at radius 3 is 1.64 bits per heavy atom. The molecule has 0 amide bonds. The second-order valence-corrected chi connectivity index (χ2v) is 6.47. The second-order valence-electron chi connectivity index (χ2n) is 5.69. The van der Waals surface area contributed by atoms with Crippen LogP contribution in [0.25, 0.3) is 11.4 Å². The van der Waals surface area contributed by atoms with Crippen molar-refractivity contribution >= 4 is 34.6 Å². The Balaban J connectivity index is 2.00. The minimum Gasteiger partial charge on any atom is -0.187 e. The number of allylic oxidation sites excluding steroid dienone is 4. The molecule has 3 aromatic rings. The van der Waals surface area contributed by atoms with Crippen molar-refractivity contribution in [2.75, 3.05) is 0 Å².